The van der Waals surface area contributed by atoms with E-state index in [4.69, 9.17) is 5.73 Å². The van der Waals surface area contributed by atoms with Crippen LogP contribution in [0.25, 0.3) is 10.9 Å². The molecule has 0 aliphatic heterocycles. The lowest BCUT2D eigenvalue weighted by Crippen LogP contribution is -2.19. The molecule has 1 aliphatic rings. The van der Waals surface area contributed by atoms with Crippen LogP contribution in [0.1, 0.15) is 18.4 Å². The van der Waals surface area contributed by atoms with Gasteiger partial charge in [-0.25, -0.2) is 0 Å². The van der Waals surface area contributed by atoms with Crippen molar-refractivity contribution in [1.82, 2.24) is 4.98 Å². The average Bonchev–Trinajstić information content (AvgIpc) is 2.93. The Kier molecular flexibility index (Phi) is 1.94. The highest BCUT2D eigenvalue weighted by Crippen LogP contribution is 2.49. The zero-order chi connectivity index (χ0) is 10.5. The van der Waals surface area contributed by atoms with Crippen LogP contribution in [0.4, 0.5) is 0 Å². The van der Waals surface area contributed by atoms with Gasteiger partial charge in [0.2, 0.25) is 0 Å². The minimum atomic E-state index is 0.263. The highest BCUT2D eigenvalue weighted by atomic mass is 79.9. The van der Waals surface area contributed by atoms with Crippen LogP contribution in [0.5, 0.6) is 0 Å². The van der Waals surface area contributed by atoms with E-state index < -0.39 is 0 Å². The van der Waals surface area contributed by atoms with E-state index in [1.807, 2.05) is 0 Å². The summed E-state index contributed by atoms with van der Waals surface area (Å²) >= 11 is 3.52. The first-order chi connectivity index (χ1) is 7.25. The van der Waals surface area contributed by atoms with Crippen LogP contribution in [-0.4, -0.2) is 11.5 Å². The minimum Gasteiger partial charge on any atom is -0.361 e. The molecule has 0 unspecified atom stereocenters. The van der Waals surface area contributed by atoms with Crippen molar-refractivity contribution in [3.63, 3.8) is 0 Å². The quantitative estimate of drug-likeness (QED) is 0.861. The van der Waals surface area contributed by atoms with Crippen molar-refractivity contribution in [3.05, 3.63) is 34.4 Å². The standard InChI is InChI=1S/C12H13BrN2/c13-8-1-2-11-9(5-8)10(6-15-11)12(7-14)3-4-12/h1-2,5-6,15H,3-4,7,14H2. The van der Waals surface area contributed by atoms with Crippen molar-refractivity contribution in [3.8, 4) is 0 Å². The van der Waals surface area contributed by atoms with Crippen molar-refractivity contribution >= 4 is 26.8 Å². The molecule has 3 heteroatoms. The first kappa shape index (κ1) is 9.43. The molecule has 0 radical (unpaired) electrons. The van der Waals surface area contributed by atoms with Gasteiger partial charge in [0.15, 0.2) is 0 Å². The molecule has 3 N–H and O–H groups in total. The lowest BCUT2D eigenvalue weighted by Gasteiger charge is -2.10. The lowest BCUT2D eigenvalue weighted by molar-refractivity contribution is 0.711. The SMILES string of the molecule is NCC1(c2c[nH]c3ccc(Br)cc23)CC1. The van der Waals surface area contributed by atoms with Gasteiger partial charge >= 0.3 is 0 Å². The average molecular weight is 265 g/mol. The van der Waals surface area contributed by atoms with Gasteiger partial charge in [0, 0.05) is 33.5 Å². The second kappa shape index (κ2) is 3.09. The first-order valence-corrected chi connectivity index (χ1v) is 6.02. The molecule has 1 aromatic heterocycles. The van der Waals surface area contributed by atoms with Crippen molar-refractivity contribution < 1.29 is 0 Å². The van der Waals surface area contributed by atoms with Crippen LogP contribution < -0.4 is 5.73 Å². The number of nitrogens with one attached hydrogen (secondary N) is 1. The number of hydrogen-bond acceptors (Lipinski definition) is 1. The van der Waals surface area contributed by atoms with Gasteiger partial charge < -0.3 is 10.7 Å². The summed E-state index contributed by atoms with van der Waals surface area (Å²) in [7, 11) is 0. The van der Waals surface area contributed by atoms with E-state index >= 15 is 0 Å². The number of benzene rings is 1. The Morgan fingerprint density at radius 3 is 2.87 bits per heavy atom. The summed E-state index contributed by atoms with van der Waals surface area (Å²) < 4.78 is 1.13. The zero-order valence-electron chi connectivity index (χ0n) is 8.39. The second-order valence-corrected chi connectivity index (χ2v) is 5.29. The fourth-order valence-electron chi connectivity index (χ4n) is 2.27. The van der Waals surface area contributed by atoms with Crippen molar-refractivity contribution in [2.45, 2.75) is 18.3 Å². The Bertz CT molecular complexity index is 511. The number of fused-ring (bicyclic) bond motifs is 1. The van der Waals surface area contributed by atoms with E-state index in [1.54, 1.807) is 0 Å². The van der Waals surface area contributed by atoms with E-state index in [2.05, 4.69) is 45.3 Å². The number of rotatable bonds is 2. The predicted octanol–water partition coefficient (Wildman–Crippen LogP) is 2.92. The number of nitrogens with two attached hydrogens (primary N) is 1. The summed E-state index contributed by atoms with van der Waals surface area (Å²) in [6, 6.07) is 6.34. The van der Waals surface area contributed by atoms with Crippen LogP contribution in [-0.2, 0) is 5.41 Å². The molecule has 0 atom stereocenters. The molecular weight excluding hydrogens is 252 g/mol. The fourth-order valence-corrected chi connectivity index (χ4v) is 2.63. The molecule has 0 spiro atoms. The maximum Gasteiger partial charge on any atom is 0.0457 e. The van der Waals surface area contributed by atoms with Gasteiger partial charge in [-0.2, -0.15) is 0 Å². The Morgan fingerprint density at radius 1 is 1.40 bits per heavy atom. The molecule has 2 aromatic rings. The van der Waals surface area contributed by atoms with Gasteiger partial charge in [0.1, 0.15) is 0 Å². The minimum absolute atomic E-state index is 0.263. The third-order valence-electron chi connectivity index (χ3n) is 3.46. The van der Waals surface area contributed by atoms with Crippen LogP contribution in [0.3, 0.4) is 0 Å². The first-order valence-electron chi connectivity index (χ1n) is 5.22. The zero-order valence-corrected chi connectivity index (χ0v) is 9.97. The van der Waals surface area contributed by atoms with Gasteiger partial charge in [-0.05, 0) is 36.6 Å². The highest BCUT2D eigenvalue weighted by molar-refractivity contribution is 9.10. The maximum atomic E-state index is 5.86. The van der Waals surface area contributed by atoms with E-state index in [1.165, 1.54) is 29.3 Å². The molecule has 0 saturated heterocycles. The monoisotopic (exact) mass is 264 g/mol. The van der Waals surface area contributed by atoms with Crippen LogP contribution >= 0.6 is 15.9 Å². The summed E-state index contributed by atoms with van der Waals surface area (Å²) in [6.45, 7) is 0.756. The maximum absolute atomic E-state index is 5.86. The molecule has 0 amide bonds. The molecule has 1 saturated carbocycles. The normalized spacial score (nSPS) is 18.3. The predicted molar refractivity (Wildman–Crippen MR) is 66.0 cm³/mol. The van der Waals surface area contributed by atoms with Crippen molar-refractivity contribution in [2.75, 3.05) is 6.54 Å². The molecule has 15 heavy (non-hydrogen) atoms. The molecule has 1 aliphatic carbocycles. The van der Waals surface area contributed by atoms with E-state index in [0.717, 1.165) is 11.0 Å². The van der Waals surface area contributed by atoms with Gasteiger partial charge in [0.05, 0.1) is 0 Å². The second-order valence-electron chi connectivity index (χ2n) is 4.38. The number of aromatic amines is 1. The smallest absolute Gasteiger partial charge is 0.0457 e. The molecule has 1 heterocycles. The topological polar surface area (TPSA) is 41.8 Å². The summed E-state index contributed by atoms with van der Waals surface area (Å²) in [6.07, 6.45) is 4.57. The lowest BCUT2D eigenvalue weighted by atomic mass is 9.96. The molecule has 78 valence electrons. The van der Waals surface area contributed by atoms with E-state index in [-0.39, 0.29) is 5.41 Å². The van der Waals surface area contributed by atoms with Crippen LogP contribution in [0.15, 0.2) is 28.9 Å². The van der Waals surface area contributed by atoms with Gasteiger partial charge in [-0.3, -0.25) is 0 Å². The summed E-state index contributed by atoms with van der Waals surface area (Å²) in [5.41, 5.74) is 8.72. The number of hydrogen-bond donors (Lipinski definition) is 2. The van der Waals surface area contributed by atoms with Gasteiger partial charge in [-0.15, -0.1) is 0 Å². The van der Waals surface area contributed by atoms with Crippen LogP contribution in [0.2, 0.25) is 0 Å². The third-order valence-corrected chi connectivity index (χ3v) is 3.95. The van der Waals surface area contributed by atoms with Crippen LogP contribution in [0, 0.1) is 0 Å². The number of halogens is 1. The molecule has 3 rings (SSSR count). The van der Waals surface area contributed by atoms with E-state index in [0.29, 0.717) is 0 Å². The van der Waals surface area contributed by atoms with Crippen molar-refractivity contribution in [1.29, 1.82) is 0 Å². The Morgan fingerprint density at radius 2 is 2.20 bits per heavy atom. The number of H-pyrrole nitrogens is 1. The fraction of sp³-hybridized carbons (Fsp3) is 0.333. The number of aromatic nitrogens is 1. The largest absolute Gasteiger partial charge is 0.361 e. The Hall–Kier alpha value is -0.800. The molecule has 1 fully saturated rings. The van der Waals surface area contributed by atoms with Gasteiger partial charge in [0.25, 0.3) is 0 Å². The van der Waals surface area contributed by atoms with Gasteiger partial charge in [-0.1, -0.05) is 15.9 Å². The molecular formula is C12H13BrN2. The Balaban J connectivity index is 2.23. The molecule has 0 bridgehead atoms. The highest BCUT2D eigenvalue weighted by Gasteiger charge is 2.44. The summed E-state index contributed by atoms with van der Waals surface area (Å²) in [4.78, 5) is 3.32. The van der Waals surface area contributed by atoms with E-state index in [9.17, 15) is 0 Å². The summed E-state index contributed by atoms with van der Waals surface area (Å²) in [5, 5.41) is 1.31. The Labute approximate surface area is 97.0 Å². The summed E-state index contributed by atoms with van der Waals surface area (Å²) in [5.74, 6) is 0. The van der Waals surface area contributed by atoms with Crippen molar-refractivity contribution in [2.24, 2.45) is 5.73 Å². The third kappa shape index (κ3) is 1.34. The molecule has 1 aromatic carbocycles. The molecule has 2 nitrogen and oxygen atoms in total.